The van der Waals surface area contributed by atoms with Gasteiger partial charge in [0.2, 0.25) is 0 Å². The molecule has 0 saturated heterocycles. The fourth-order valence-electron chi connectivity index (χ4n) is 11.1. The van der Waals surface area contributed by atoms with E-state index in [0.717, 1.165) is 103 Å². The van der Waals surface area contributed by atoms with Crippen molar-refractivity contribution in [2.45, 2.75) is 70.6 Å². The van der Waals surface area contributed by atoms with Gasteiger partial charge in [-0.2, -0.15) is 0 Å². The molecule has 4 aliphatic rings. The summed E-state index contributed by atoms with van der Waals surface area (Å²) in [6.07, 6.45) is 5.66. The fourth-order valence-corrected chi connectivity index (χ4v) is 11.2. The summed E-state index contributed by atoms with van der Waals surface area (Å²) in [7, 11) is 0. The van der Waals surface area contributed by atoms with E-state index >= 15 is 0 Å². The molecule has 6 aromatic heterocycles. The van der Waals surface area contributed by atoms with Gasteiger partial charge in [0.25, 0.3) is 0 Å². The molecule has 6 aromatic carbocycles. The lowest BCUT2D eigenvalue weighted by molar-refractivity contribution is -0.145. The van der Waals surface area contributed by atoms with E-state index in [1.54, 1.807) is 12.1 Å². The highest BCUT2D eigenvalue weighted by Gasteiger charge is 2.47. The highest BCUT2D eigenvalue weighted by molar-refractivity contribution is 6.29. The molecule has 0 aliphatic heterocycles. The summed E-state index contributed by atoms with van der Waals surface area (Å²) in [6.45, 7) is 8.83. The molecule has 0 amide bonds. The second kappa shape index (κ2) is 30.3. The first-order valence-electron chi connectivity index (χ1n) is 30.6. The van der Waals surface area contributed by atoms with E-state index in [1.807, 2.05) is 166 Å². The Bertz CT molecular complexity index is 4230. The Hall–Kier alpha value is -9.33. The van der Waals surface area contributed by atoms with Crippen LogP contribution in [0.25, 0.3) is 71.5 Å². The summed E-state index contributed by atoms with van der Waals surface area (Å²) in [5.74, 6) is 2.20. The zero-order valence-corrected chi connectivity index (χ0v) is 50.7. The van der Waals surface area contributed by atoms with E-state index < -0.39 is 0 Å². The van der Waals surface area contributed by atoms with Gasteiger partial charge in [0.15, 0.2) is 0 Å². The molecular formula is C77H75ClN6O6. The van der Waals surface area contributed by atoms with E-state index in [0.29, 0.717) is 55.3 Å². The first-order chi connectivity index (χ1) is 43.6. The number of carbonyl (C=O) groups excluding carboxylic acids is 2. The number of hydrogen-bond acceptors (Lipinski definition) is 12. The van der Waals surface area contributed by atoms with E-state index in [9.17, 15) is 9.59 Å². The Morgan fingerprint density at radius 1 is 0.411 bits per heavy atom. The second-order valence-electron chi connectivity index (χ2n) is 22.6. The number of pyridine rings is 6. The van der Waals surface area contributed by atoms with Gasteiger partial charge in [-0.1, -0.05) is 165 Å². The molecule has 4 aliphatic carbocycles. The summed E-state index contributed by atoms with van der Waals surface area (Å²) in [6, 6.07) is 72.6. The average molecular weight is 1220 g/mol. The maximum Gasteiger partial charge on any atom is 0.309 e. The maximum atomic E-state index is 11.6. The molecule has 6 heterocycles. The first kappa shape index (κ1) is 63.7. The Morgan fingerprint density at radius 2 is 0.700 bits per heavy atom. The number of aromatic nitrogens is 6. The van der Waals surface area contributed by atoms with Crippen molar-refractivity contribution in [3.63, 3.8) is 0 Å². The van der Waals surface area contributed by atoms with Gasteiger partial charge in [0.1, 0.15) is 5.15 Å². The predicted octanol–water partition coefficient (Wildman–Crippen LogP) is 16.9. The van der Waals surface area contributed by atoms with Crippen molar-refractivity contribution in [2.24, 2.45) is 23.7 Å². The zero-order chi connectivity index (χ0) is 61.6. The molecule has 8 atom stereocenters. The van der Waals surface area contributed by atoms with Crippen LogP contribution in [0.1, 0.15) is 99.1 Å². The number of para-hydroxylation sites is 6. The minimum Gasteiger partial charge on any atom is -0.466 e. The lowest BCUT2D eigenvalue weighted by atomic mass is 10.1. The van der Waals surface area contributed by atoms with Crippen LogP contribution in [0.15, 0.2) is 225 Å². The summed E-state index contributed by atoms with van der Waals surface area (Å²) in [4.78, 5) is 50.2. The van der Waals surface area contributed by atoms with Crippen LogP contribution in [0.2, 0.25) is 5.15 Å². The van der Waals surface area contributed by atoms with E-state index in [-0.39, 0.29) is 43.0 Å². The Kier molecular flexibility index (Phi) is 21.4. The Balaban J connectivity index is 0.000000119. The van der Waals surface area contributed by atoms with Crippen LogP contribution in [0, 0.1) is 23.7 Å². The van der Waals surface area contributed by atoms with Crippen molar-refractivity contribution in [3.8, 4) is 0 Å². The van der Waals surface area contributed by atoms with Crippen molar-refractivity contribution in [1.29, 1.82) is 0 Å². The molecule has 0 spiro atoms. The molecule has 4 fully saturated rings. The number of fused-ring (bicyclic) bond motifs is 6. The van der Waals surface area contributed by atoms with Gasteiger partial charge in [-0.25, -0.2) is 9.97 Å². The van der Waals surface area contributed by atoms with Crippen LogP contribution in [-0.4, -0.2) is 78.5 Å². The molecular weight excluding hydrogens is 1140 g/mol. The molecule has 12 aromatic rings. The quantitative estimate of drug-likeness (QED) is 0.0929. The van der Waals surface area contributed by atoms with Gasteiger partial charge >= 0.3 is 11.9 Å². The summed E-state index contributed by atoms with van der Waals surface area (Å²) < 4.78 is 10.1. The fraction of sp³-hybridized carbons (Fsp3) is 0.247. The topological polar surface area (TPSA) is 170 Å². The van der Waals surface area contributed by atoms with Gasteiger partial charge < -0.3 is 19.7 Å². The third-order valence-corrected chi connectivity index (χ3v) is 16.7. The van der Waals surface area contributed by atoms with Crippen molar-refractivity contribution in [3.05, 3.63) is 259 Å². The first-order valence-corrected chi connectivity index (χ1v) is 31.0. The largest absolute Gasteiger partial charge is 0.466 e. The van der Waals surface area contributed by atoms with Gasteiger partial charge in [0.05, 0.1) is 63.8 Å². The second-order valence-corrected chi connectivity index (χ2v) is 23.0. The third-order valence-electron chi connectivity index (χ3n) is 16.5. The van der Waals surface area contributed by atoms with Crippen LogP contribution in [-0.2, 0) is 19.1 Å². The Morgan fingerprint density at radius 3 is 1.01 bits per heavy atom. The number of hydrogen-bond donors (Lipinski definition) is 2. The molecule has 16 rings (SSSR count). The molecule has 12 nitrogen and oxygen atoms in total. The number of ether oxygens (including phenoxy) is 2. The van der Waals surface area contributed by atoms with E-state index in [4.69, 9.17) is 31.3 Å². The predicted molar refractivity (Wildman–Crippen MR) is 363 cm³/mol. The average Bonchev–Trinajstić information content (AvgIpc) is 2.23. The summed E-state index contributed by atoms with van der Waals surface area (Å²) in [5, 5.41) is 25.5. The van der Waals surface area contributed by atoms with Crippen LogP contribution < -0.4 is 0 Å². The smallest absolute Gasteiger partial charge is 0.309 e. The number of carbonyl (C=O) groups is 2. The number of esters is 2. The summed E-state index contributed by atoms with van der Waals surface area (Å²) >= 11 is 5.71. The molecule has 13 heteroatoms. The SMILES string of the molecule is C.C=Cc1ccc2ccccc2n1.CCOC(=O)[C@H]1C[C@@H]1c1ccc2ccccc2n1.CCOC(=O)[C@H]1C[C@H]1c1ccc2ccccc2n1.Clc1ccc2ccccc2n1.OC[C@H]1C[C@@H]1c1ccc2ccccc2n1.OC[C@H]1C[C@@H]1c1ccc2ccccc2n1. The zero-order valence-electron chi connectivity index (χ0n) is 49.9. The minimum atomic E-state index is -0.0857. The monoisotopic (exact) mass is 1210 g/mol. The van der Waals surface area contributed by atoms with Crippen LogP contribution >= 0.6 is 11.6 Å². The maximum absolute atomic E-state index is 11.6. The number of benzene rings is 6. The van der Waals surface area contributed by atoms with Crippen molar-refractivity contribution < 1.29 is 29.3 Å². The molecule has 0 bridgehead atoms. The lowest BCUT2D eigenvalue weighted by Crippen LogP contribution is -2.07. The van der Waals surface area contributed by atoms with E-state index in [2.05, 4.69) is 97.1 Å². The van der Waals surface area contributed by atoms with Crippen LogP contribution in [0.4, 0.5) is 0 Å². The lowest BCUT2D eigenvalue weighted by Gasteiger charge is -2.03. The van der Waals surface area contributed by atoms with Crippen molar-refractivity contribution >= 4 is 95.0 Å². The van der Waals surface area contributed by atoms with Gasteiger partial charge in [0, 0.05) is 92.0 Å². The molecule has 0 radical (unpaired) electrons. The van der Waals surface area contributed by atoms with Crippen LogP contribution in [0.5, 0.6) is 0 Å². The number of halogens is 1. The molecule has 2 N–H and O–H groups in total. The minimum absolute atomic E-state index is 0. The highest BCUT2D eigenvalue weighted by atomic mass is 35.5. The van der Waals surface area contributed by atoms with E-state index in [1.165, 1.54) is 16.2 Å². The van der Waals surface area contributed by atoms with Crippen LogP contribution in [0.3, 0.4) is 0 Å². The number of aliphatic hydroxyl groups excluding tert-OH is 2. The molecule has 90 heavy (non-hydrogen) atoms. The van der Waals surface area contributed by atoms with Gasteiger partial charge in [-0.3, -0.25) is 29.5 Å². The highest BCUT2D eigenvalue weighted by Crippen LogP contribution is 2.49. The standard InChI is InChI=1S/2C15H15NO2.2C13H13NO.C11H9N.C9H6ClN.CH4/c2*1-2-18-15(17)12-9-11(12)14-8-7-10-5-3-4-6-13(10)16-14;2*15-8-10-7-11(10)13-6-5-9-3-1-2-4-12(9)14-13;1-2-10-8-7-9-5-3-4-6-11(9)12-10;10-9-6-5-7-3-1-2-4-8(7)11-9;/h2*3-8,11-12H,2,9H2,1H3;2*1-6,10-11,15H,7-8H2;2-8H,1H2;1-6H;1H4/t11-,12+;11-,12-;2*10-,11+;;;/m1011.../s1. The number of aliphatic hydroxyl groups is 2. The molecule has 0 unspecified atom stereocenters. The normalized spacial score (nSPS) is 19.4. The van der Waals surface area contributed by atoms with Crippen molar-refractivity contribution in [2.75, 3.05) is 26.4 Å². The number of rotatable bonds is 11. The summed E-state index contributed by atoms with van der Waals surface area (Å²) in [5.41, 5.74) is 11.3. The van der Waals surface area contributed by atoms with Gasteiger partial charge in [-0.15, -0.1) is 0 Å². The molecule has 456 valence electrons. The third kappa shape index (κ3) is 16.3. The molecule has 4 saturated carbocycles. The van der Waals surface area contributed by atoms with Crippen molar-refractivity contribution in [1.82, 2.24) is 29.9 Å². The Labute approximate surface area is 530 Å². The van der Waals surface area contributed by atoms with Gasteiger partial charge in [-0.05, 0) is 136 Å². The number of nitrogens with zero attached hydrogens (tertiary/aromatic N) is 6.